The van der Waals surface area contributed by atoms with Crippen LogP contribution in [-0.4, -0.2) is 28.8 Å². The van der Waals surface area contributed by atoms with E-state index in [2.05, 4.69) is 33.5 Å². The van der Waals surface area contributed by atoms with Crippen LogP contribution < -0.4 is 10.1 Å². The monoisotopic (exact) mass is 260 g/mol. The van der Waals surface area contributed by atoms with Crippen molar-refractivity contribution < 1.29 is 4.74 Å². The Bertz CT molecular complexity index is 484. The first kappa shape index (κ1) is 13.5. The van der Waals surface area contributed by atoms with Crippen LogP contribution >= 0.6 is 0 Å². The third kappa shape index (κ3) is 3.79. The molecule has 0 radical (unpaired) electrons. The van der Waals surface area contributed by atoms with Gasteiger partial charge in [-0.15, -0.1) is 0 Å². The Hall–Kier alpha value is -1.88. The lowest BCUT2D eigenvalue weighted by Crippen LogP contribution is -2.20. The Morgan fingerprint density at radius 2 is 2.21 bits per heavy atom. The van der Waals surface area contributed by atoms with E-state index in [4.69, 9.17) is 4.74 Å². The Balaban J connectivity index is 1.79. The Kier molecular flexibility index (Phi) is 4.92. The number of nitrogens with one attached hydrogen (secondary N) is 2. The molecular weight excluding hydrogens is 240 g/mol. The van der Waals surface area contributed by atoms with E-state index >= 15 is 0 Å². The summed E-state index contributed by atoms with van der Waals surface area (Å²) < 4.78 is 5.37. The summed E-state index contributed by atoms with van der Waals surface area (Å²) in [4.78, 5) is 4.10. The van der Waals surface area contributed by atoms with E-state index in [9.17, 15) is 0 Å². The maximum absolute atomic E-state index is 5.37. The summed E-state index contributed by atoms with van der Waals surface area (Å²) in [6.45, 7) is 3.08. The van der Waals surface area contributed by atoms with Crippen LogP contribution in [0.2, 0.25) is 0 Å². The second-order valence-corrected chi connectivity index (χ2v) is 4.45. The number of aryl methyl sites for hydroxylation is 1. The minimum absolute atomic E-state index is 0.269. The van der Waals surface area contributed by atoms with Crippen molar-refractivity contribution in [2.75, 3.05) is 13.7 Å². The van der Waals surface area contributed by atoms with Crippen molar-refractivity contribution in [1.29, 1.82) is 0 Å². The van der Waals surface area contributed by atoms with Crippen molar-refractivity contribution >= 4 is 0 Å². The lowest BCUT2D eigenvalue weighted by molar-refractivity contribution is 0.401. The highest BCUT2D eigenvalue weighted by Crippen LogP contribution is 2.24. The van der Waals surface area contributed by atoms with Gasteiger partial charge in [0.15, 0.2) is 0 Å². The van der Waals surface area contributed by atoms with Crippen LogP contribution in [-0.2, 0) is 6.42 Å². The van der Waals surface area contributed by atoms with Gasteiger partial charge in [-0.3, -0.25) is 5.10 Å². The number of methoxy groups -OCH3 is 1. The zero-order chi connectivity index (χ0) is 13.5. The quantitative estimate of drug-likeness (QED) is 0.748. The molecular formula is C14H20N4O. The van der Waals surface area contributed by atoms with Gasteiger partial charge in [0.25, 0.3) is 0 Å². The third-order valence-electron chi connectivity index (χ3n) is 3.11. The minimum Gasteiger partial charge on any atom is -0.496 e. The molecule has 0 aliphatic rings. The van der Waals surface area contributed by atoms with E-state index in [1.165, 1.54) is 5.56 Å². The average molecular weight is 260 g/mol. The number of hydrogen-bond acceptors (Lipinski definition) is 4. The molecule has 1 heterocycles. The van der Waals surface area contributed by atoms with Crippen molar-refractivity contribution in [3.8, 4) is 5.75 Å². The number of aromatic nitrogens is 3. The van der Waals surface area contributed by atoms with Gasteiger partial charge in [-0.05, 0) is 26.0 Å². The SMILES string of the molecule is COc1ccccc1C(C)NCCCc1ncn[nH]1. The number of rotatable bonds is 7. The summed E-state index contributed by atoms with van der Waals surface area (Å²) in [5.74, 6) is 1.87. The average Bonchev–Trinajstić information content (AvgIpc) is 2.96. The van der Waals surface area contributed by atoms with Crippen LogP contribution in [0.1, 0.15) is 30.8 Å². The molecule has 0 aliphatic heterocycles. The first-order chi connectivity index (χ1) is 9.31. The lowest BCUT2D eigenvalue weighted by Gasteiger charge is -2.17. The highest BCUT2D eigenvalue weighted by atomic mass is 16.5. The molecule has 1 aromatic heterocycles. The second kappa shape index (κ2) is 6.89. The zero-order valence-corrected chi connectivity index (χ0v) is 11.4. The second-order valence-electron chi connectivity index (χ2n) is 4.45. The van der Waals surface area contributed by atoms with E-state index in [0.29, 0.717) is 0 Å². The molecule has 0 fully saturated rings. The summed E-state index contributed by atoms with van der Waals surface area (Å²) in [7, 11) is 1.70. The first-order valence-electron chi connectivity index (χ1n) is 6.52. The van der Waals surface area contributed by atoms with Crippen molar-refractivity contribution in [2.24, 2.45) is 0 Å². The number of aromatic amines is 1. The van der Waals surface area contributed by atoms with Crippen molar-refractivity contribution in [1.82, 2.24) is 20.5 Å². The molecule has 1 aromatic carbocycles. The van der Waals surface area contributed by atoms with Gasteiger partial charge in [-0.25, -0.2) is 4.98 Å². The summed E-state index contributed by atoms with van der Waals surface area (Å²) >= 11 is 0. The molecule has 5 nitrogen and oxygen atoms in total. The van der Waals surface area contributed by atoms with Crippen LogP contribution in [0, 0.1) is 0 Å². The molecule has 5 heteroatoms. The van der Waals surface area contributed by atoms with E-state index < -0.39 is 0 Å². The predicted molar refractivity (Wildman–Crippen MR) is 74.1 cm³/mol. The van der Waals surface area contributed by atoms with E-state index in [1.54, 1.807) is 13.4 Å². The van der Waals surface area contributed by atoms with Crippen LogP contribution in [0.15, 0.2) is 30.6 Å². The summed E-state index contributed by atoms with van der Waals surface area (Å²) in [6.07, 6.45) is 3.47. The van der Waals surface area contributed by atoms with Crippen molar-refractivity contribution in [3.63, 3.8) is 0 Å². The molecule has 0 amide bonds. The molecule has 2 aromatic rings. The summed E-state index contributed by atoms with van der Waals surface area (Å²) in [6, 6.07) is 8.37. The maximum Gasteiger partial charge on any atom is 0.137 e. The topological polar surface area (TPSA) is 62.8 Å². The first-order valence-corrected chi connectivity index (χ1v) is 6.52. The van der Waals surface area contributed by atoms with Gasteiger partial charge in [0, 0.05) is 18.0 Å². The largest absolute Gasteiger partial charge is 0.496 e. The molecule has 1 unspecified atom stereocenters. The van der Waals surface area contributed by atoms with E-state index in [1.807, 2.05) is 18.2 Å². The number of benzene rings is 1. The van der Waals surface area contributed by atoms with Crippen LogP contribution in [0.3, 0.4) is 0 Å². The van der Waals surface area contributed by atoms with Gasteiger partial charge in [-0.2, -0.15) is 5.10 Å². The Morgan fingerprint density at radius 3 is 2.95 bits per heavy atom. The minimum atomic E-state index is 0.269. The van der Waals surface area contributed by atoms with Gasteiger partial charge in [0.1, 0.15) is 17.9 Å². The molecule has 2 rings (SSSR count). The number of para-hydroxylation sites is 1. The summed E-state index contributed by atoms with van der Waals surface area (Å²) in [5, 5.41) is 10.2. The molecule has 19 heavy (non-hydrogen) atoms. The fourth-order valence-electron chi connectivity index (χ4n) is 2.06. The Labute approximate surface area is 113 Å². The van der Waals surface area contributed by atoms with Crippen LogP contribution in [0.4, 0.5) is 0 Å². The number of hydrogen-bond donors (Lipinski definition) is 2. The number of H-pyrrole nitrogens is 1. The van der Waals surface area contributed by atoms with E-state index in [0.717, 1.165) is 31.0 Å². The molecule has 2 N–H and O–H groups in total. The normalized spacial score (nSPS) is 12.3. The van der Waals surface area contributed by atoms with Gasteiger partial charge in [0.2, 0.25) is 0 Å². The molecule has 0 saturated carbocycles. The van der Waals surface area contributed by atoms with Crippen molar-refractivity contribution in [2.45, 2.75) is 25.8 Å². The van der Waals surface area contributed by atoms with Crippen LogP contribution in [0.5, 0.6) is 5.75 Å². The van der Waals surface area contributed by atoms with Crippen LogP contribution in [0.25, 0.3) is 0 Å². The molecule has 0 aliphatic carbocycles. The fraction of sp³-hybridized carbons (Fsp3) is 0.429. The molecule has 0 spiro atoms. The fourth-order valence-corrected chi connectivity index (χ4v) is 2.06. The Morgan fingerprint density at radius 1 is 1.37 bits per heavy atom. The molecule has 0 saturated heterocycles. The number of ether oxygens (including phenoxy) is 1. The molecule has 1 atom stereocenters. The molecule has 102 valence electrons. The van der Waals surface area contributed by atoms with Gasteiger partial charge in [0.05, 0.1) is 7.11 Å². The van der Waals surface area contributed by atoms with Gasteiger partial charge < -0.3 is 10.1 Å². The number of nitrogens with zero attached hydrogens (tertiary/aromatic N) is 2. The predicted octanol–water partition coefficient (Wildman–Crippen LogP) is 2.10. The zero-order valence-electron chi connectivity index (χ0n) is 11.4. The van der Waals surface area contributed by atoms with E-state index in [-0.39, 0.29) is 6.04 Å². The summed E-state index contributed by atoms with van der Waals surface area (Å²) in [5.41, 5.74) is 1.18. The highest BCUT2D eigenvalue weighted by Gasteiger charge is 2.09. The van der Waals surface area contributed by atoms with Gasteiger partial charge in [-0.1, -0.05) is 18.2 Å². The van der Waals surface area contributed by atoms with Crippen molar-refractivity contribution in [3.05, 3.63) is 42.0 Å². The maximum atomic E-state index is 5.37. The van der Waals surface area contributed by atoms with Gasteiger partial charge >= 0.3 is 0 Å². The third-order valence-corrected chi connectivity index (χ3v) is 3.11. The smallest absolute Gasteiger partial charge is 0.137 e. The highest BCUT2D eigenvalue weighted by molar-refractivity contribution is 5.35. The lowest BCUT2D eigenvalue weighted by atomic mass is 10.1. The standard InChI is InChI=1S/C14H20N4O/c1-11(12-6-3-4-7-13(12)19-2)15-9-5-8-14-16-10-17-18-14/h3-4,6-7,10-11,15H,5,8-9H2,1-2H3,(H,16,17,18). The molecule has 0 bridgehead atoms.